The summed E-state index contributed by atoms with van der Waals surface area (Å²) in [5, 5.41) is 0. The van der Waals surface area contributed by atoms with Crippen LogP contribution in [0.15, 0.2) is 12.2 Å². The molecule has 2 aliphatic rings. The third-order valence-corrected chi connectivity index (χ3v) is 2.71. The molecule has 0 bridgehead atoms. The highest BCUT2D eigenvalue weighted by Gasteiger charge is 2.25. The molecule has 2 aliphatic heterocycles. The summed E-state index contributed by atoms with van der Waals surface area (Å²) in [4.78, 5) is 10.7. The summed E-state index contributed by atoms with van der Waals surface area (Å²) in [6.45, 7) is 2.98. The molecule has 17 heavy (non-hydrogen) atoms. The van der Waals surface area contributed by atoms with E-state index in [0.29, 0.717) is 13.2 Å². The molecule has 96 valence electrons. The van der Waals surface area contributed by atoms with E-state index in [-0.39, 0.29) is 31.1 Å². The number of rotatable bonds is 4. The van der Waals surface area contributed by atoms with Gasteiger partial charge in [0.25, 0.3) is 0 Å². The molecule has 0 aromatic rings. The Morgan fingerprint density at radius 1 is 1.41 bits per heavy atom. The second-order valence-electron chi connectivity index (χ2n) is 4.17. The highest BCUT2D eigenvalue weighted by molar-refractivity contribution is 5.65. The fraction of sp³-hybridized carbons (Fsp3) is 0.750. The van der Waals surface area contributed by atoms with Crippen molar-refractivity contribution in [3.8, 4) is 0 Å². The van der Waals surface area contributed by atoms with Crippen LogP contribution in [0, 0.1) is 0 Å². The molecular formula is C12H18O5. The second kappa shape index (κ2) is 6.14. The molecule has 2 rings (SSSR count). The van der Waals surface area contributed by atoms with Crippen molar-refractivity contribution < 1.29 is 23.7 Å². The molecular weight excluding hydrogens is 224 g/mol. The van der Waals surface area contributed by atoms with E-state index in [0.717, 1.165) is 12.8 Å². The topological polar surface area (TPSA) is 54.0 Å². The monoisotopic (exact) mass is 242 g/mol. The minimum absolute atomic E-state index is 0.0728. The molecule has 2 heterocycles. The number of hydrogen-bond acceptors (Lipinski definition) is 5. The summed E-state index contributed by atoms with van der Waals surface area (Å²) in [6.07, 6.45) is 5.32. The number of hydrogen-bond donors (Lipinski definition) is 0. The van der Waals surface area contributed by atoms with Crippen LogP contribution >= 0.6 is 0 Å². The molecule has 0 N–H and O–H groups in total. The van der Waals surface area contributed by atoms with E-state index in [4.69, 9.17) is 18.9 Å². The third-order valence-electron chi connectivity index (χ3n) is 2.71. The average Bonchev–Trinajstić information content (AvgIpc) is 2.80. The van der Waals surface area contributed by atoms with Crippen LogP contribution in [0.1, 0.15) is 19.8 Å². The first-order valence-electron chi connectivity index (χ1n) is 5.92. The van der Waals surface area contributed by atoms with Crippen molar-refractivity contribution in [2.24, 2.45) is 0 Å². The lowest BCUT2D eigenvalue weighted by Crippen LogP contribution is -2.31. The standard InChI is InChI=1S/C12H18O5/c1-9(13)16-8-11-4-2-3-10(17-11)7-12-14-5-6-15-12/h2,4,10-12H,3,5-8H2,1H3. The van der Waals surface area contributed by atoms with Gasteiger partial charge in [0.15, 0.2) is 6.29 Å². The second-order valence-corrected chi connectivity index (χ2v) is 4.17. The Hall–Kier alpha value is -0.910. The molecule has 0 amide bonds. The van der Waals surface area contributed by atoms with E-state index in [2.05, 4.69) is 6.08 Å². The summed E-state index contributed by atoms with van der Waals surface area (Å²) < 4.78 is 21.5. The molecule has 2 atom stereocenters. The minimum atomic E-state index is -0.286. The van der Waals surface area contributed by atoms with Gasteiger partial charge in [0, 0.05) is 13.3 Å². The quantitative estimate of drug-likeness (QED) is 0.544. The highest BCUT2D eigenvalue weighted by atomic mass is 16.7. The molecule has 0 aliphatic carbocycles. The number of ether oxygens (including phenoxy) is 4. The van der Waals surface area contributed by atoms with Crippen LogP contribution in [0.4, 0.5) is 0 Å². The van der Waals surface area contributed by atoms with Crippen molar-refractivity contribution in [2.75, 3.05) is 19.8 Å². The van der Waals surface area contributed by atoms with Crippen molar-refractivity contribution in [1.29, 1.82) is 0 Å². The van der Waals surface area contributed by atoms with E-state index >= 15 is 0 Å². The van der Waals surface area contributed by atoms with Gasteiger partial charge in [0.1, 0.15) is 12.7 Å². The van der Waals surface area contributed by atoms with Crippen LogP contribution in [-0.4, -0.2) is 44.3 Å². The molecule has 0 saturated carbocycles. The Balaban J connectivity index is 1.73. The lowest BCUT2D eigenvalue weighted by molar-refractivity contribution is -0.147. The molecule has 1 fully saturated rings. The van der Waals surface area contributed by atoms with Gasteiger partial charge in [-0.3, -0.25) is 4.79 Å². The van der Waals surface area contributed by atoms with E-state index in [9.17, 15) is 4.79 Å². The maximum Gasteiger partial charge on any atom is 0.302 e. The Kier molecular flexibility index (Phi) is 4.53. The van der Waals surface area contributed by atoms with Crippen LogP contribution in [0.5, 0.6) is 0 Å². The number of carbonyl (C=O) groups is 1. The van der Waals surface area contributed by atoms with E-state index in [1.54, 1.807) is 0 Å². The summed E-state index contributed by atoms with van der Waals surface area (Å²) in [5.41, 5.74) is 0. The average molecular weight is 242 g/mol. The van der Waals surface area contributed by atoms with Gasteiger partial charge in [-0.2, -0.15) is 0 Å². The summed E-state index contributed by atoms with van der Waals surface area (Å²) in [7, 11) is 0. The summed E-state index contributed by atoms with van der Waals surface area (Å²) in [5.74, 6) is -0.286. The maximum atomic E-state index is 10.7. The molecule has 5 nitrogen and oxygen atoms in total. The Morgan fingerprint density at radius 2 is 2.18 bits per heavy atom. The number of esters is 1. The van der Waals surface area contributed by atoms with Crippen LogP contribution in [0.2, 0.25) is 0 Å². The minimum Gasteiger partial charge on any atom is -0.463 e. The van der Waals surface area contributed by atoms with E-state index in [1.807, 2.05) is 6.08 Å². The lowest BCUT2D eigenvalue weighted by Gasteiger charge is -2.27. The molecule has 0 aromatic heterocycles. The van der Waals surface area contributed by atoms with Gasteiger partial charge >= 0.3 is 5.97 Å². The fourth-order valence-corrected chi connectivity index (χ4v) is 1.93. The Bertz CT molecular complexity index is 283. The zero-order chi connectivity index (χ0) is 12.1. The lowest BCUT2D eigenvalue weighted by atomic mass is 10.1. The van der Waals surface area contributed by atoms with Crippen LogP contribution in [0.3, 0.4) is 0 Å². The van der Waals surface area contributed by atoms with Crippen molar-refractivity contribution in [1.82, 2.24) is 0 Å². The van der Waals surface area contributed by atoms with Gasteiger partial charge in [0.2, 0.25) is 0 Å². The van der Waals surface area contributed by atoms with Crippen LogP contribution in [0.25, 0.3) is 0 Å². The number of carbonyl (C=O) groups excluding carboxylic acids is 1. The predicted octanol–water partition coefficient (Wildman–Crippen LogP) is 1.03. The zero-order valence-corrected chi connectivity index (χ0v) is 9.96. The normalized spacial score (nSPS) is 29.5. The Morgan fingerprint density at radius 3 is 2.88 bits per heavy atom. The largest absolute Gasteiger partial charge is 0.463 e. The predicted molar refractivity (Wildman–Crippen MR) is 59.4 cm³/mol. The smallest absolute Gasteiger partial charge is 0.302 e. The maximum absolute atomic E-state index is 10.7. The first-order valence-corrected chi connectivity index (χ1v) is 5.92. The third kappa shape index (κ3) is 4.11. The van der Waals surface area contributed by atoms with Gasteiger partial charge in [-0.1, -0.05) is 12.2 Å². The van der Waals surface area contributed by atoms with Crippen LogP contribution < -0.4 is 0 Å². The molecule has 1 saturated heterocycles. The first kappa shape index (κ1) is 12.5. The van der Waals surface area contributed by atoms with E-state index < -0.39 is 0 Å². The molecule has 2 unspecified atom stereocenters. The van der Waals surface area contributed by atoms with E-state index in [1.165, 1.54) is 6.92 Å². The molecule has 0 aromatic carbocycles. The van der Waals surface area contributed by atoms with Crippen molar-refractivity contribution >= 4 is 5.97 Å². The van der Waals surface area contributed by atoms with Gasteiger partial charge in [0.05, 0.1) is 19.3 Å². The van der Waals surface area contributed by atoms with Crippen LogP contribution in [-0.2, 0) is 23.7 Å². The van der Waals surface area contributed by atoms with Gasteiger partial charge in [-0.25, -0.2) is 0 Å². The molecule has 5 heteroatoms. The van der Waals surface area contributed by atoms with Gasteiger partial charge in [-0.15, -0.1) is 0 Å². The zero-order valence-electron chi connectivity index (χ0n) is 9.96. The van der Waals surface area contributed by atoms with Gasteiger partial charge < -0.3 is 18.9 Å². The van der Waals surface area contributed by atoms with Gasteiger partial charge in [-0.05, 0) is 6.42 Å². The van der Waals surface area contributed by atoms with Crippen molar-refractivity contribution in [3.63, 3.8) is 0 Å². The molecule has 0 spiro atoms. The fourth-order valence-electron chi connectivity index (χ4n) is 1.93. The summed E-state index contributed by atoms with van der Waals surface area (Å²) >= 11 is 0. The van der Waals surface area contributed by atoms with Crippen molar-refractivity contribution in [2.45, 2.75) is 38.3 Å². The summed E-state index contributed by atoms with van der Waals surface area (Å²) in [6, 6.07) is 0. The molecule has 0 radical (unpaired) electrons. The van der Waals surface area contributed by atoms with Crippen molar-refractivity contribution in [3.05, 3.63) is 12.2 Å². The highest BCUT2D eigenvalue weighted by Crippen LogP contribution is 2.20. The SMILES string of the molecule is CC(=O)OCC1C=CCC(CC2OCCO2)O1. The first-order chi connectivity index (χ1) is 8.24. The Labute approximate surface area is 101 Å².